The summed E-state index contributed by atoms with van der Waals surface area (Å²) in [4.78, 5) is 9.75. The summed E-state index contributed by atoms with van der Waals surface area (Å²) in [6.07, 6.45) is 8.44. The summed E-state index contributed by atoms with van der Waals surface area (Å²) in [6.45, 7) is 2.11. The molecule has 5 heteroatoms. The van der Waals surface area contributed by atoms with Crippen molar-refractivity contribution in [3.63, 3.8) is 0 Å². The van der Waals surface area contributed by atoms with E-state index in [2.05, 4.69) is 30.5 Å². The number of benzene rings is 2. The molecular formula is C23H25ClN4. The Morgan fingerprint density at radius 3 is 2.68 bits per heavy atom. The molecule has 144 valence electrons. The number of aromatic nitrogens is 2. The van der Waals surface area contributed by atoms with Gasteiger partial charge in [0.25, 0.3) is 0 Å². The Morgan fingerprint density at radius 1 is 1.07 bits per heavy atom. The predicted octanol–water partition coefficient (Wildman–Crippen LogP) is 5.25. The molecule has 0 radical (unpaired) electrons. The number of hydrazine groups is 1. The summed E-state index contributed by atoms with van der Waals surface area (Å²) < 4.78 is 0. The Labute approximate surface area is 170 Å². The molecule has 0 spiro atoms. The molecule has 1 aromatic heterocycles. The van der Waals surface area contributed by atoms with Gasteiger partial charge < -0.3 is 0 Å². The highest BCUT2D eigenvalue weighted by Crippen LogP contribution is 2.35. The van der Waals surface area contributed by atoms with Gasteiger partial charge in [-0.3, -0.25) is 11.3 Å². The van der Waals surface area contributed by atoms with Crippen molar-refractivity contribution in [1.82, 2.24) is 15.4 Å². The van der Waals surface area contributed by atoms with Gasteiger partial charge in [-0.15, -0.1) is 0 Å². The van der Waals surface area contributed by atoms with Gasteiger partial charge in [-0.05, 0) is 62.1 Å². The zero-order chi connectivity index (χ0) is 19.5. The van der Waals surface area contributed by atoms with Crippen molar-refractivity contribution < 1.29 is 0 Å². The molecule has 2 aromatic carbocycles. The number of fused-ring (bicyclic) bond motifs is 1. The molecule has 3 N–H and O–H groups in total. The van der Waals surface area contributed by atoms with E-state index in [0.717, 1.165) is 58.7 Å². The molecule has 0 aliphatic heterocycles. The fourth-order valence-corrected chi connectivity index (χ4v) is 4.13. The molecule has 1 fully saturated rings. The summed E-state index contributed by atoms with van der Waals surface area (Å²) in [6, 6.07) is 14.5. The van der Waals surface area contributed by atoms with Gasteiger partial charge in [0.05, 0.1) is 11.2 Å². The molecule has 28 heavy (non-hydrogen) atoms. The van der Waals surface area contributed by atoms with Crippen LogP contribution in [0, 0.1) is 6.92 Å². The molecule has 2 unspecified atom stereocenters. The first-order chi connectivity index (χ1) is 13.6. The molecule has 1 aliphatic carbocycles. The maximum absolute atomic E-state index is 5.97. The monoisotopic (exact) mass is 392 g/mol. The first-order valence-corrected chi connectivity index (χ1v) is 10.2. The summed E-state index contributed by atoms with van der Waals surface area (Å²) in [5, 5.41) is 1.89. The number of halogens is 1. The molecule has 0 bridgehead atoms. The van der Waals surface area contributed by atoms with Gasteiger partial charge in [-0.25, -0.2) is 9.97 Å². The Morgan fingerprint density at radius 2 is 1.89 bits per heavy atom. The zero-order valence-corrected chi connectivity index (χ0v) is 16.8. The van der Waals surface area contributed by atoms with E-state index in [0.29, 0.717) is 12.0 Å². The van der Waals surface area contributed by atoms with E-state index in [-0.39, 0.29) is 0 Å². The first kappa shape index (κ1) is 19.1. The van der Waals surface area contributed by atoms with Crippen LogP contribution in [0.4, 0.5) is 0 Å². The van der Waals surface area contributed by atoms with Crippen LogP contribution in [0.3, 0.4) is 0 Å². The topological polar surface area (TPSA) is 63.8 Å². The lowest BCUT2D eigenvalue weighted by Gasteiger charge is -2.29. The van der Waals surface area contributed by atoms with Crippen molar-refractivity contribution in [2.24, 2.45) is 5.84 Å². The number of nitrogens with two attached hydrogens (primary N) is 1. The van der Waals surface area contributed by atoms with Crippen LogP contribution in [0.2, 0.25) is 5.02 Å². The van der Waals surface area contributed by atoms with Crippen LogP contribution in [0.25, 0.3) is 23.1 Å². The van der Waals surface area contributed by atoms with Crippen LogP contribution in [0.5, 0.6) is 0 Å². The molecule has 0 saturated heterocycles. The van der Waals surface area contributed by atoms with Crippen molar-refractivity contribution in [3.05, 3.63) is 70.1 Å². The van der Waals surface area contributed by atoms with Crippen LogP contribution in [-0.4, -0.2) is 16.0 Å². The second-order valence-corrected chi connectivity index (χ2v) is 8.04. The number of hydrogen-bond donors (Lipinski definition) is 2. The minimum Gasteiger partial charge on any atom is -0.271 e. The summed E-state index contributed by atoms with van der Waals surface area (Å²) in [5.41, 5.74) is 7.40. The van der Waals surface area contributed by atoms with Crippen LogP contribution < -0.4 is 11.3 Å². The van der Waals surface area contributed by atoms with Crippen molar-refractivity contribution in [1.29, 1.82) is 0 Å². The fraction of sp³-hybridized carbons (Fsp3) is 0.304. The number of nitrogens with zero attached hydrogens (tertiary/aromatic N) is 2. The SMILES string of the molecule is Cc1ccc2nc(/C=C\c3ccc(Cl)cc3)nc(C3CCCC(NN)C3)c2c1. The number of hydrogen-bond acceptors (Lipinski definition) is 4. The van der Waals surface area contributed by atoms with Gasteiger partial charge in [0.1, 0.15) is 0 Å². The average Bonchev–Trinajstić information content (AvgIpc) is 2.73. The third kappa shape index (κ3) is 4.25. The van der Waals surface area contributed by atoms with Gasteiger partial charge in [0.2, 0.25) is 0 Å². The number of nitrogens with one attached hydrogen (secondary N) is 1. The maximum atomic E-state index is 5.97. The number of rotatable bonds is 4. The van der Waals surface area contributed by atoms with Crippen molar-refractivity contribution >= 4 is 34.7 Å². The van der Waals surface area contributed by atoms with Gasteiger partial charge in [0.15, 0.2) is 5.82 Å². The normalized spacial score (nSPS) is 20.1. The highest BCUT2D eigenvalue weighted by atomic mass is 35.5. The van der Waals surface area contributed by atoms with Gasteiger partial charge in [-0.1, -0.05) is 47.9 Å². The first-order valence-electron chi connectivity index (χ1n) is 9.80. The Kier molecular flexibility index (Phi) is 5.72. The van der Waals surface area contributed by atoms with E-state index in [1.807, 2.05) is 36.4 Å². The molecule has 4 nitrogen and oxygen atoms in total. The smallest absolute Gasteiger partial charge is 0.152 e. The minimum absolute atomic E-state index is 0.349. The molecule has 1 heterocycles. The molecule has 0 amide bonds. The molecule has 4 rings (SSSR count). The Balaban J connectivity index is 1.74. The third-order valence-corrected chi connectivity index (χ3v) is 5.74. The molecule has 3 aromatic rings. The van der Waals surface area contributed by atoms with E-state index in [1.54, 1.807) is 0 Å². The van der Waals surface area contributed by atoms with Crippen LogP contribution >= 0.6 is 11.6 Å². The highest BCUT2D eigenvalue weighted by Gasteiger charge is 2.25. The lowest BCUT2D eigenvalue weighted by molar-refractivity contribution is 0.341. The fourth-order valence-electron chi connectivity index (χ4n) is 4.00. The van der Waals surface area contributed by atoms with Crippen LogP contribution in [-0.2, 0) is 0 Å². The Bertz CT molecular complexity index is 997. The summed E-state index contributed by atoms with van der Waals surface area (Å²) in [7, 11) is 0. The van der Waals surface area contributed by atoms with E-state index >= 15 is 0 Å². The number of aryl methyl sites for hydroxylation is 1. The summed E-state index contributed by atoms with van der Waals surface area (Å²) >= 11 is 5.97. The molecule has 1 saturated carbocycles. The third-order valence-electron chi connectivity index (χ3n) is 5.49. The van der Waals surface area contributed by atoms with Crippen molar-refractivity contribution in [3.8, 4) is 0 Å². The largest absolute Gasteiger partial charge is 0.271 e. The molecular weight excluding hydrogens is 368 g/mol. The standard InChI is InChI=1S/C23H25ClN4/c1-15-5-11-21-20(13-15)23(17-3-2-4-19(14-17)28-25)27-22(26-21)12-8-16-6-9-18(24)10-7-16/h5-13,17,19,28H,2-4,14,25H2,1H3/b12-8-. The zero-order valence-electron chi connectivity index (χ0n) is 16.0. The lowest BCUT2D eigenvalue weighted by Crippen LogP contribution is -2.38. The average molecular weight is 393 g/mol. The van der Waals surface area contributed by atoms with Gasteiger partial charge in [-0.2, -0.15) is 0 Å². The second kappa shape index (κ2) is 8.39. The molecule has 2 atom stereocenters. The maximum Gasteiger partial charge on any atom is 0.152 e. The van der Waals surface area contributed by atoms with Crippen LogP contribution in [0.1, 0.15) is 54.2 Å². The van der Waals surface area contributed by atoms with Crippen molar-refractivity contribution in [2.45, 2.75) is 44.6 Å². The lowest BCUT2D eigenvalue weighted by atomic mass is 9.82. The highest BCUT2D eigenvalue weighted by molar-refractivity contribution is 6.30. The Hall–Kier alpha value is -2.27. The summed E-state index contributed by atoms with van der Waals surface area (Å²) in [5.74, 6) is 6.86. The molecule has 1 aliphatic rings. The van der Waals surface area contributed by atoms with Gasteiger partial charge >= 0.3 is 0 Å². The van der Waals surface area contributed by atoms with Crippen LogP contribution in [0.15, 0.2) is 42.5 Å². The van der Waals surface area contributed by atoms with Gasteiger partial charge in [0, 0.05) is 22.4 Å². The van der Waals surface area contributed by atoms with E-state index in [1.165, 1.54) is 5.56 Å². The predicted molar refractivity (Wildman–Crippen MR) is 117 cm³/mol. The van der Waals surface area contributed by atoms with E-state index in [9.17, 15) is 0 Å². The van der Waals surface area contributed by atoms with E-state index in [4.69, 9.17) is 27.4 Å². The van der Waals surface area contributed by atoms with E-state index < -0.39 is 0 Å². The quantitative estimate of drug-likeness (QED) is 0.470. The second-order valence-electron chi connectivity index (χ2n) is 7.60. The van der Waals surface area contributed by atoms with Crippen molar-refractivity contribution in [2.75, 3.05) is 0 Å². The minimum atomic E-state index is 0.349.